The lowest BCUT2D eigenvalue weighted by atomic mass is 10.0. The Balaban J connectivity index is 1.76. The number of carbonyl (C=O) groups excluding carboxylic acids is 1. The third-order valence-electron chi connectivity index (χ3n) is 4.50. The molecule has 1 unspecified atom stereocenters. The Kier molecular flexibility index (Phi) is 5.18. The molecule has 0 radical (unpaired) electrons. The lowest BCUT2D eigenvalue weighted by Gasteiger charge is -2.25. The van der Waals surface area contributed by atoms with Gasteiger partial charge in [0.1, 0.15) is 5.56 Å². The molecule has 1 aromatic carbocycles. The molecule has 26 heavy (non-hydrogen) atoms. The van der Waals surface area contributed by atoms with Crippen molar-refractivity contribution in [1.82, 2.24) is 15.4 Å². The maximum absolute atomic E-state index is 12.7. The van der Waals surface area contributed by atoms with E-state index in [1.165, 1.54) is 0 Å². The summed E-state index contributed by atoms with van der Waals surface area (Å²) < 4.78 is 16.1. The quantitative estimate of drug-likeness (QED) is 0.855. The highest BCUT2D eigenvalue weighted by molar-refractivity contribution is 5.96. The second-order valence-electron chi connectivity index (χ2n) is 6.96. The van der Waals surface area contributed by atoms with Gasteiger partial charge in [0.2, 0.25) is 6.79 Å². The first-order chi connectivity index (χ1) is 12.4. The Labute approximate surface area is 153 Å². The molecule has 7 nitrogen and oxygen atoms in total. The summed E-state index contributed by atoms with van der Waals surface area (Å²) in [5.74, 6) is 2.02. The van der Waals surface area contributed by atoms with E-state index in [1.54, 1.807) is 6.92 Å². The summed E-state index contributed by atoms with van der Waals surface area (Å²) in [6, 6.07) is 5.85. The molecule has 0 fully saturated rings. The summed E-state index contributed by atoms with van der Waals surface area (Å²) in [6.07, 6.45) is 0. The number of hydrogen-bond donors (Lipinski definition) is 1. The summed E-state index contributed by atoms with van der Waals surface area (Å²) in [5.41, 5.74) is 2.18. The van der Waals surface area contributed by atoms with Gasteiger partial charge in [-0.25, -0.2) is 0 Å². The van der Waals surface area contributed by atoms with Crippen molar-refractivity contribution < 1.29 is 18.8 Å². The molecular formula is C19H25N3O4. The fraction of sp³-hybridized carbons (Fsp3) is 0.474. The Hall–Kier alpha value is -2.54. The average Bonchev–Trinajstić information content (AvgIpc) is 3.20. The Morgan fingerprint density at radius 1 is 1.27 bits per heavy atom. The van der Waals surface area contributed by atoms with E-state index in [2.05, 4.69) is 15.4 Å². The van der Waals surface area contributed by atoms with Crippen LogP contribution >= 0.6 is 0 Å². The summed E-state index contributed by atoms with van der Waals surface area (Å²) in [7, 11) is 3.96. The number of rotatable bonds is 6. The molecule has 7 heteroatoms. The fourth-order valence-electron chi connectivity index (χ4n) is 3.05. The lowest BCUT2D eigenvalue weighted by Crippen LogP contribution is -2.35. The maximum atomic E-state index is 12.7. The number of ether oxygens (including phenoxy) is 2. The molecule has 1 aliphatic heterocycles. The minimum atomic E-state index is -0.167. The molecule has 1 aliphatic rings. The van der Waals surface area contributed by atoms with E-state index in [1.807, 2.05) is 46.1 Å². The molecule has 2 aromatic rings. The Morgan fingerprint density at radius 3 is 2.69 bits per heavy atom. The number of nitrogens with zero attached hydrogens (tertiary/aromatic N) is 2. The first-order valence-corrected chi connectivity index (χ1v) is 8.68. The van der Waals surface area contributed by atoms with Gasteiger partial charge in [-0.05, 0) is 38.7 Å². The van der Waals surface area contributed by atoms with E-state index < -0.39 is 0 Å². The van der Waals surface area contributed by atoms with Gasteiger partial charge in [-0.3, -0.25) is 4.79 Å². The molecule has 1 aromatic heterocycles. The van der Waals surface area contributed by atoms with Crippen molar-refractivity contribution in [2.24, 2.45) is 0 Å². The number of nitrogens with one attached hydrogen (secondary N) is 1. The first kappa shape index (κ1) is 18.3. The highest BCUT2D eigenvalue weighted by Crippen LogP contribution is 2.35. The summed E-state index contributed by atoms with van der Waals surface area (Å²) in [4.78, 5) is 14.8. The van der Waals surface area contributed by atoms with Crippen molar-refractivity contribution in [2.45, 2.75) is 32.7 Å². The minimum Gasteiger partial charge on any atom is -0.454 e. The van der Waals surface area contributed by atoms with Gasteiger partial charge in [-0.15, -0.1) is 0 Å². The number of amides is 1. The fourth-order valence-corrected chi connectivity index (χ4v) is 3.05. The van der Waals surface area contributed by atoms with Crippen LogP contribution in [0.2, 0.25) is 0 Å². The zero-order chi connectivity index (χ0) is 18.8. The molecule has 1 atom stereocenters. The van der Waals surface area contributed by atoms with E-state index in [0.717, 1.165) is 17.1 Å². The second kappa shape index (κ2) is 7.37. The minimum absolute atomic E-state index is 0.00360. The number of carbonyl (C=O) groups is 1. The van der Waals surface area contributed by atoms with Crippen LogP contribution in [0.5, 0.6) is 11.5 Å². The summed E-state index contributed by atoms with van der Waals surface area (Å²) in [6.45, 7) is 6.43. The van der Waals surface area contributed by atoms with Crippen molar-refractivity contribution in [3.8, 4) is 11.5 Å². The first-order valence-electron chi connectivity index (χ1n) is 8.68. The predicted molar refractivity (Wildman–Crippen MR) is 96.7 cm³/mol. The molecule has 140 valence electrons. The van der Waals surface area contributed by atoms with Gasteiger partial charge in [0.25, 0.3) is 5.91 Å². The monoisotopic (exact) mass is 359 g/mol. The van der Waals surface area contributed by atoms with Crippen molar-refractivity contribution in [2.75, 3.05) is 27.4 Å². The second-order valence-corrected chi connectivity index (χ2v) is 6.96. The van der Waals surface area contributed by atoms with E-state index in [4.69, 9.17) is 14.0 Å². The van der Waals surface area contributed by atoms with E-state index in [0.29, 0.717) is 23.6 Å². The molecule has 1 amide bonds. The number of aromatic nitrogens is 1. The molecule has 1 N–H and O–H groups in total. The van der Waals surface area contributed by atoms with Crippen LogP contribution in [0.25, 0.3) is 0 Å². The normalized spacial score (nSPS) is 14.1. The maximum Gasteiger partial charge on any atom is 0.256 e. The van der Waals surface area contributed by atoms with Crippen LogP contribution in [0.3, 0.4) is 0 Å². The van der Waals surface area contributed by atoms with Gasteiger partial charge in [0.05, 0.1) is 11.7 Å². The van der Waals surface area contributed by atoms with E-state index >= 15 is 0 Å². The molecule has 0 spiro atoms. The van der Waals surface area contributed by atoms with Gasteiger partial charge in [-0.1, -0.05) is 25.1 Å². The van der Waals surface area contributed by atoms with Crippen molar-refractivity contribution in [3.63, 3.8) is 0 Å². The SMILES string of the molecule is Cc1noc(C(C)C)c1C(=O)NCC(c1ccc2c(c1)OCO2)N(C)C. The van der Waals surface area contributed by atoms with Crippen LogP contribution in [0, 0.1) is 6.92 Å². The van der Waals surface area contributed by atoms with Gasteiger partial charge in [0.15, 0.2) is 17.3 Å². The Morgan fingerprint density at radius 2 is 2.00 bits per heavy atom. The molecule has 0 saturated carbocycles. The van der Waals surface area contributed by atoms with Crippen molar-refractivity contribution in [1.29, 1.82) is 0 Å². The molecule has 0 aliphatic carbocycles. The number of benzene rings is 1. The van der Waals surface area contributed by atoms with E-state index in [-0.39, 0.29) is 24.7 Å². The van der Waals surface area contributed by atoms with Crippen molar-refractivity contribution in [3.05, 3.63) is 40.8 Å². The molecule has 3 rings (SSSR count). The van der Waals surface area contributed by atoms with E-state index in [9.17, 15) is 4.79 Å². The molecule has 2 heterocycles. The topological polar surface area (TPSA) is 76.8 Å². The third kappa shape index (κ3) is 3.53. The van der Waals surface area contributed by atoms with Gasteiger partial charge >= 0.3 is 0 Å². The highest BCUT2D eigenvalue weighted by atomic mass is 16.7. The summed E-state index contributed by atoms with van der Waals surface area (Å²) >= 11 is 0. The van der Waals surface area contributed by atoms with Crippen LogP contribution in [0.1, 0.15) is 53.2 Å². The van der Waals surface area contributed by atoms with Crippen LogP contribution in [-0.4, -0.2) is 43.4 Å². The highest BCUT2D eigenvalue weighted by Gasteiger charge is 2.25. The lowest BCUT2D eigenvalue weighted by molar-refractivity contribution is 0.0939. The van der Waals surface area contributed by atoms with Crippen LogP contribution in [-0.2, 0) is 0 Å². The van der Waals surface area contributed by atoms with Crippen LogP contribution in [0.15, 0.2) is 22.7 Å². The van der Waals surface area contributed by atoms with Crippen molar-refractivity contribution >= 4 is 5.91 Å². The zero-order valence-electron chi connectivity index (χ0n) is 15.8. The number of fused-ring (bicyclic) bond motifs is 1. The third-order valence-corrected chi connectivity index (χ3v) is 4.50. The molecule has 0 saturated heterocycles. The largest absolute Gasteiger partial charge is 0.454 e. The van der Waals surface area contributed by atoms with Gasteiger partial charge < -0.3 is 24.2 Å². The Bertz CT molecular complexity index is 798. The molecule has 0 bridgehead atoms. The van der Waals surface area contributed by atoms with Crippen LogP contribution in [0.4, 0.5) is 0 Å². The number of hydrogen-bond acceptors (Lipinski definition) is 6. The average molecular weight is 359 g/mol. The zero-order valence-corrected chi connectivity index (χ0v) is 15.8. The van der Waals surface area contributed by atoms with Gasteiger partial charge in [0, 0.05) is 12.5 Å². The smallest absolute Gasteiger partial charge is 0.256 e. The van der Waals surface area contributed by atoms with Crippen LogP contribution < -0.4 is 14.8 Å². The number of likely N-dealkylation sites (N-methyl/N-ethyl adjacent to an activating group) is 1. The predicted octanol–water partition coefficient (Wildman–Crippen LogP) is 2.87. The van der Waals surface area contributed by atoms with Gasteiger partial charge in [-0.2, -0.15) is 0 Å². The summed E-state index contributed by atoms with van der Waals surface area (Å²) in [5, 5.41) is 6.96. The number of aryl methyl sites for hydroxylation is 1. The molecular weight excluding hydrogens is 334 g/mol. The standard InChI is InChI=1S/C19H25N3O4/c1-11(2)18-17(12(3)21-26-18)19(23)20-9-14(22(4)5)13-6-7-15-16(8-13)25-10-24-15/h6-8,11,14H,9-10H2,1-5H3,(H,20,23).